The van der Waals surface area contributed by atoms with E-state index in [9.17, 15) is 8.42 Å². The largest absolute Gasteiger partial charge is 0.340 e. The fourth-order valence-electron chi connectivity index (χ4n) is 1.26. The topological polar surface area (TPSA) is 122 Å². The molecule has 0 aliphatic rings. The minimum Gasteiger partial charge on any atom is -0.340 e. The smallest absolute Gasteiger partial charge is 0.242 e. The Kier molecular flexibility index (Phi) is 3.55. The number of aryl methyl sites for hydroxylation is 1. The summed E-state index contributed by atoms with van der Waals surface area (Å²) in [5.41, 5.74) is 0.146. The lowest BCUT2D eigenvalue weighted by Crippen LogP contribution is -2.24. The van der Waals surface area contributed by atoms with Crippen molar-refractivity contribution in [1.29, 1.82) is 5.26 Å². The van der Waals surface area contributed by atoms with Crippen LogP contribution in [0.1, 0.15) is 17.4 Å². The summed E-state index contributed by atoms with van der Waals surface area (Å²) in [7, 11) is -3.72. The molecule has 0 aromatic carbocycles. The Hall–Kier alpha value is -2.31. The van der Waals surface area contributed by atoms with E-state index >= 15 is 0 Å². The summed E-state index contributed by atoms with van der Waals surface area (Å²) in [5.74, 6) is 0.594. The van der Waals surface area contributed by atoms with Crippen molar-refractivity contribution in [2.75, 3.05) is 0 Å². The highest BCUT2D eigenvalue weighted by Crippen LogP contribution is 2.08. The summed E-state index contributed by atoms with van der Waals surface area (Å²) in [4.78, 5) is 7.53. The third-order valence-corrected chi connectivity index (χ3v) is 3.54. The molecular formula is C10H9N5O3S. The molecule has 19 heavy (non-hydrogen) atoms. The molecule has 0 unspecified atom stereocenters. The van der Waals surface area contributed by atoms with E-state index < -0.39 is 10.0 Å². The molecule has 2 aromatic rings. The lowest BCUT2D eigenvalue weighted by Gasteiger charge is -2.03. The van der Waals surface area contributed by atoms with Gasteiger partial charge < -0.3 is 4.52 Å². The van der Waals surface area contributed by atoms with Gasteiger partial charge in [0.25, 0.3) is 0 Å². The van der Waals surface area contributed by atoms with E-state index in [1.165, 1.54) is 12.1 Å². The molecule has 0 saturated heterocycles. The molecule has 2 aromatic heterocycles. The van der Waals surface area contributed by atoms with Crippen molar-refractivity contribution < 1.29 is 12.9 Å². The summed E-state index contributed by atoms with van der Waals surface area (Å²) in [5, 5.41) is 12.1. The third kappa shape index (κ3) is 3.12. The molecule has 0 spiro atoms. The van der Waals surface area contributed by atoms with Crippen LogP contribution >= 0.6 is 0 Å². The van der Waals surface area contributed by atoms with Crippen LogP contribution in [0.5, 0.6) is 0 Å². The molecule has 2 rings (SSSR count). The standard InChI is InChI=1S/C10H9N5O3S/c1-7-14-10(15-18-7)6-13-19(16,17)9-3-2-8(4-11)12-5-9/h2-3,5,13H,6H2,1H3. The lowest BCUT2D eigenvalue weighted by atomic mass is 10.4. The first-order chi connectivity index (χ1) is 9.01. The van der Waals surface area contributed by atoms with Crippen molar-refractivity contribution in [3.63, 3.8) is 0 Å². The monoisotopic (exact) mass is 279 g/mol. The molecule has 0 amide bonds. The highest BCUT2D eigenvalue weighted by atomic mass is 32.2. The Morgan fingerprint density at radius 3 is 2.79 bits per heavy atom. The minimum absolute atomic E-state index is 0.0354. The Labute approximate surface area is 109 Å². The van der Waals surface area contributed by atoms with E-state index in [2.05, 4.69) is 19.8 Å². The number of hydrogen-bond acceptors (Lipinski definition) is 7. The summed E-state index contributed by atoms with van der Waals surface area (Å²) in [6, 6.07) is 4.43. The van der Waals surface area contributed by atoms with Crippen molar-refractivity contribution in [2.24, 2.45) is 0 Å². The normalized spacial score (nSPS) is 11.2. The number of aromatic nitrogens is 3. The van der Waals surface area contributed by atoms with Crippen LogP contribution in [0.2, 0.25) is 0 Å². The third-order valence-electron chi connectivity index (χ3n) is 2.15. The molecule has 9 heteroatoms. The maximum absolute atomic E-state index is 11.9. The van der Waals surface area contributed by atoms with Gasteiger partial charge in [0.2, 0.25) is 15.9 Å². The molecule has 0 aliphatic heterocycles. The molecule has 1 N–H and O–H groups in total. The second kappa shape index (κ2) is 5.13. The molecule has 0 atom stereocenters. The van der Waals surface area contributed by atoms with Crippen LogP contribution in [0, 0.1) is 18.3 Å². The maximum Gasteiger partial charge on any atom is 0.242 e. The predicted octanol–water partition coefficient (Wildman–Crippen LogP) is 0.123. The first kappa shape index (κ1) is 13.1. The summed E-state index contributed by atoms with van der Waals surface area (Å²) in [6.45, 7) is 1.52. The fourth-order valence-corrected chi connectivity index (χ4v) is 2.19. The molecule has 0 fully saturated rings. The first-order valence-electron chi connectivity index (χ1n) is 5.16. The fraction of sp³-hybridized carbons (Fsp3) is 0.200. The van der Waals surface area contributed by atoms with E-state index in [1.807, 2.05) is 6.07 Å². The van der Waals surface area contributed by atoms with Crippen molar-refractivity contribution in [3.05, 3.63) is 35.7 Å². The molecule has 8 nitrogen and oxygen atoms in total. The molecule has 0 saturated carbocycles. The van der Waals surface area contributed by atoms with E-state index in [-0.39, 0.29) is 23.0 Å². The van der Waals surface area contributed by atoms with Crippen LogP contribution in [0.4, 0.5) is 0 Å². The zero-order chi connectivity index (χ0) is 13.9. The number of rotatable bonds is 4. The van der Waals surface area contributed by atoms with Gasteiger partial charge in [0.1, 0.15) is 16.7 Å². The van der Waals surface area contributed by atoms with Crippen LogP contribution in [-0.4, -0.2) is 23.5 Å². The van der Waals surface area contributed by atoms with Gasteiger partial charge in [0, 0.05) is 13.1 Å². The number of nitrogens with one attached hydrogen (secondary N) is 1. The van der Waals surface area contributed by atoms with Crippen LogP contribution in [0.3, 0.4) is 0 Å². The van der Waals surface area contributed by atoms with Gasteiger partial charge in [0.15, 0.2) is 5.82 Å². The Balaban J connectivity index is 2.11. The van der Waals surface area contributed by atoms with Crippen molar-refractivity contribution >= 4 is 10.0 Å². The highest BCUT2D eigenvalue weighted by molar-refractivity contribution is 7.89. The molecule has 2 heterocycles. The van der Waals surface area contributed by atoms with E-state index in [0.717, 1.165) is 6.20 Å². The second-order valence-electron chi connectivity index (χ2n) is 3.55. The van der Waals surface area contributed by atoms with Gasteiger partial charge in [0.05, 0.1) is 6.54 Å². The minimum atomic E-state index is -3.72. The van der Waals surface area contributed by atoms with Crippen molar-refractivity contribution in [1.82, 2.24) is 19.8 Å². The number of pyridine rings is 1. The molecule has 98 valence electrons. The molecule has 0 bridgehead atoms. The number of sulfonamides is 1. The van der Waals surface area contributed by atoms with Crippen molar-refractivity contribution in [2.45, 2.75) is 18.4 Å². The number of hydrogen-bond donors (Lipinski definition) is 1. The molecule has 0 aliphatic carbocycles. The quantitative estimate of drug-likeness (QED) is 0.843. The molecule has 0 radical (unpaired) electrons. The summed E-state index contributed by atoms with van der Waals surface area (Å²) in [6.07, 6.45) is 1.11. The lowest BCUT2D eigenvalue weighted by molar-refractivity contribution is 0.387. The van der Waals surface area contributed by atoms with E-state index in [0.29, 0.717) is 5.89 Å². The van der Waals surface area contributed by atoms with Gasteiger partial charge in [-0.15, -0.1) is 0 Å². The van der Waals surface area contributed by atoms with Gasteiger partial charge in [-0.1, -0.05) is 5.16 Å². The Morgan fingerprint density at radius 2 is 2.26 bits per heavy atom. The van der Waals surface area contributed by atoms with E-state index in [4.69, 9.17) is 9.78 Å². The first-order valence-corrected chi connectivity index (χ1v) is 6.64. The number of nitriles is 1. The average Bonchev–Trinajstić information content (AvgIpc) is 2.82. The average molecular weight is 279 g/mol. The van der Waals surface area contributed by atoms with Gasteiger partial charge >= 0.3 is 0 Å². The summed E-state index contributed by atoms with van der Waals surface area (Å²) >= 11 is 0. The van der Waals surface area contributed by atoms with Gasteiger partial charge in [-0.05, 0) is 12.1 Å². The van der Waals surface area contributed by atoms with Crippen LogP contribution < -0.4 is 4.72 Å². The van der Waals surface area contributed by atoms with Crippen LogP contribution in [0.25, 0.3) is 0 Å². The Morgan fingerprint density at radius 1 is 1.47 bits per heavy atom. The van der Waals surface area contributed by atoms with E-state index in [1.54, 1.807) is 6.92 Å². The zero-order valence-electron chi connectivity index (χ0n) is 9.86. The Bertz CT molecular complexity index is 714. The zero-order valence-corrected chi connectivity index (χ0v) is 10.7. The van der Waals surface area contributed by atoms with Gasteiger partial charge in [-0.25, -0.2) is 18.1 Å². The van der Waals surface area contributed by atoms with Gasteiger partial charge in [-0.3, -0.25) is 0 Å². The molecular weight excluding hydrogens is 270 g/mol. The van der Waals surface area contributed by atoms with Crippen LogP contribution in [0.15, 0.2) is 27.7 Å². The van der Waals surface area contributed by atoms with Crippen LogP contribution in [-0.2, 0) is 16.6 Å². The van der Waals surface area contributed by atoms with Gasteiger partial charge in [-0.2, -0.15) is 10.2 Å². The second-order valence-corrected chi connectivity index (χ2v) is 5.31. The summed E-state index contributed by atoms with van der Waals surface area (Å²) < 4.78 is 30.8. The highest BCUT2D eigenvalue weighted by Gasteiger charge is 2.15. The SMILES string of the molecule is Cc1nc(CNS(=O)(=O)c2ccc(C#N)nc2)no1. The van der Waals surface area contributed by atoms with Crippen molar-refractivity contribution in [3.8, 4) is 6.07 Å². The maximum atomic E-state index is 11.9. The number of nitrogens with zero attached hydrogens (tertiary/aromatic N) is 4. The predicted molar refractivity (Wildman–Crippen MR) is 62.0 cm³/mol.